The molecule has 1 aromatic carbocycles. The van der Waals surface area contributed by atoms with E-state index in [1.54, 1.807) is 19.4 Å². The number of rotatable bonds is 2. The summed E-state index contributed by atoms with van der Waals surface area (Å²) in [7, 11) is 1.58. The van der Waals surface area contributed by atoms with E-state index < -0.39 is 0 Å². The maximum Gasteiger partial charge on any atom is 0.347 e. The second kappa shape index (κ2) is 3.63. The summed E-state index contributed by atoms with van der Waals surface area (Å²) in [5.41, 5.74) is 1.78. The quantitative estimate of drug-likeness (QED) is 0.659. The van der Waals surface area contributed by atoms with Crippen molar-refractivity contribution in [2.75, 3.05) is 7.11 Å². The lowest BCUT2D eigenvalue weighted by atomic mass is 10.1. The molecule has 0 bridgehead atoms. The summed E-state index contributed by atoms with van der Waals surface area (Å²) in [6.45, 7) is 0. The molecule has 3 aromatic rings. The van der Waals surface area contributed by atoms with Gasteiger partial charge in [0.25, 0.3) is 0 Å². The highest BCUT2D eigenvalue weighted by molar-refractivity contribution is 6.02. The molecule has 1 aliphatic carbocycles. The second-order valence-electron chi connectivity index (χ2n) is 4.92. The van der Waals surface area contributed by atoms with Gasteiger partial charge in [0, 0.05) is 11.6 Å². The number of fused-ring (bicyclic) bond motifs is 3. The molecule has 2 aromatic heterocycles. The number of hydrogen-bond acceptors (Lipinski definition) is 4. The first-order valence-electron chi connectivity index (χ1n) is 6.30. The normalized spacial score (nSPS) is 15.2. The Kier molecular flexibility index (Phi) is 2.04. The fraction of sp³-hybridized carbons (Fsp3) is 0.267. The van der Waals surface area contributed by atoms with E-state index in [2.05, 4.69) is 0 Å². The van der Waals surface area contributed by atoms with Gasteiger partial charge in [0.1, 0.15) is 16.7 Å². The Hall–Kier alpha value is -2.23. The van der Waals surface area contributed by atoms with Crippen LogP contribution < -0.4 is 10.4 Å². The average molecular weight is 256 g/mol. The molecule has 1 fully saturated rings. The van der Waals surface area contributed by atoms with Crippen molar-refractivity contribution in [1.29, 1.82) is 0 Å². The van der Waals surface area contributed by atoms with E-state index in [4.69, 9.17) is 13.6 Å². The molecule has 0 spiro atoms. The topological polar surface area (TPSA) is 52.6 Å². The lowest BCUT2D eigenvalue weighted by molar-refractivity contribution is 0.414. The molecule has 1 aliphatic rings. The number of benzene rings is 1. The van der Waals surface area contributed by atoms with Gasteiger partial charge in [0.05, 0.1) is 18.8 Å². The summed E-state index contributed by atoms with van der Waals surface area (Å²) in [5.74, 6) is 1.11. The highest BCUT2D eigenvalue weighted by atomic mass is 16.5. The van der Waals surface area contributed by atoms with E-state index in [0.717, 1.165) is 23.8 Å². The molecular weight excluding hydrogens is 244 g/mol. The monoisotopic (exact) mass is 256 g/mol. The molecule has 0 saturated heterocycles. The molecule has 1 saturated carbocycles. The molecule has 2 heterocycles. The van der Waals surface area contributed by atoms with Crippen molar-refractivity contribution in [3.8, 4) is 5.75 Å². The van der Waals surface area contributed by atoms with Crippen LogP contribution in [0.4, 0.5) is 0 Å². The zero-order valence-corrected chi connectivity index (χ0v) is 10.4. The van der Waals surface area contributed by atoms with Gasteiger partial charge in [-0.3, -0.25) is 0 Å². The van der Waals surface area contributed by atoms with Gasteiger partial charge in [-0.1, -0.05) is 0 Å². The third-order valence-corrected chi connectivity index (χ3v) is 3.68. The molecule has 0 radical (unpaired) electrons. The Morgan fingerprint density at radius 3 is 2.89 bits per heavy atom. The SMILES string of the molecule is COc1ccc2c(c1)oc(=O)c1c(C3CC3)coc12. The summed E-state index contributed by atoms with van der Waals surface area (Å²) in [4.78, 5) is 12.1. The lowest BCUT2D eigenvalue weighted by Crippen LogP contribution is -2.00. The van der Waals surface area contributed by atoms with Crippen LogP contribution in [0, 0.1) is 0 Å². The predicted molar refractivity (Wildman–Crippen MR) is 70.8 cm³/mol. The first-order chi connectivity index (χ1) is 9.28. The lowest BCUT2D eigenvalue weighted by Gasteiger charge is -2.01. The van der Waals surface area contributed by atoms with Crippen molar-refractivity contribution in [3.63, 3.8) is 0 Å². The Balaban J connectivity index is 2.11. The predicted octanol–water partition coefficient (Wildman–Crippen LogP) is 3.43. The van der Waals surface area contributed by atoms with Gasteiger partial charge in [-0.2, -0.15) is 0 Å². The van der Waals surface area contributed by atoms with Crippen molar-refractivity contribution in [1.82, 2.24) is 0 Å². The molecule has 96 valence electrons. The fourth-order valence-electron chi connectivity index (χ4n) is 2.53. The summed E-state index contributed by atoms with van der Waals surface area (Å²) in [6.07, 6.45) is 3.94. The van der Waals surface area contributed by atoms with Crippen LogP contribution in [0.15, 0.2) is 38.1 Å². The zero-order valence-electron chi connectivity index (χ0n) is 10.4. The fourth-order valence-corrected chi connectivity index (χ4v) is 2.53. The van der Waals surface area contributed by atoms with E-state index >= 15 is 0 Å². The van der Waals surface area contributed by atoms with Crippen molar-refractivity contribution in [2.45, 2.75) is 18.8 Å². The van der Waals surface area contributed by atoms with Crippen LogP contribution in [-0.4, -0.2) is 7.11 Å². The van der Waals surface area contributed by atoms with E-state index in [-0.39, 0.29) is 5.63 Å². The van der Waals surface area contributed by atoms with Gasteiger partial charge >= 0.3 is 5.63 Å². The Morgan fingerprint density at radius 2 is 2.16 bits per heavy atom. The minimum atomic E-state index is -0.327. The van der Waals surface area contributed by atoms with E-state index in [0.29, 0.717) is 28.2 Å². The number of furan rings is 1. The first-order valence-corrected chi connectivity index (χ1v) is 6.30. The van der Waals surface area contributed by atoms with Crippen LogP contribution in [0.25, 0.3) is 21.9 Å². The van der Waals surface area contributed by atoms with Crippen LogP contribution in [0.1, 0.15) is 24.3 Å². The molecule has 0 N–H and O–H groups in total. The molecule has 0 amide bonds. The molecule has 0 atom stereocenters. The Bertz CT molecular complexity index is 836. The maximum absolute atomic E-state index is 12.1. The van der Waals surface area contributed by atoms with Crippen molar-refractivity contribution >= 4 is 21.9 Å². The van der Waals surface area contributed by atoms with Crippen LogP contribution in [-0.2, 0) is 0 Å². The minimum absolute atomic E-state index is 0.327. The standard InChI is InChI=1S/C15H12O4/c1-17-9-4-5-10-12(6-9)19-15(16)13-11(8-2-3-8)7-18-14(10)13/h4-8H,2-3H2,1H3. The molecule has 4 rings (SSSR count). The zero-order chi connectivity index (χ0) is 13.0. The first kappa shape index (κ1) is 10.7. The maximum atomic E-state index is 12.1. The van der Waals surface area contributed by atoms with Gasteiger partial charge in [-0.25, -0.2) is 4.79 Å². The van der Waals surface area contributed by atoms with Crippen LogP contribution >= 0.6 is 0 Å². The molecular formula is C15H12O4. The Labute approximate surface area is 108 Å². The summed E-state index contributed by atoms with van der Waals surface area (Å²) in [6, 6.07) is 5.40. The minimum Gasteiger partial charge on any atom is -0.497 e. The second-order valence-corrected chi connectivity index (χ2v) is 4.92. The number of methoxy groups -OCH3 is 1. The van der Waals surface area contributed by atoms with Crippen molar-refractivity contribution < 1.29 is 13.6 Å². The summed E-state index contributed by atoms with van der Waals surface area (Å²) < 4.78 is 16.2. The summed E-state index contributed by atoms with van der Waals surface area (Å²) >= 11 is 0. The molecule has 0 unspecified atom stereocenters. The highest BCUT2D eigenvalue weighted by Crippen LogP contribution is 2.44. The molecule has 4 heteroatoms. The smallest absolute Gasteiger partial charge is 0.347 e. The van der Waals surface area contributed by atoms with Gasteiger partial charge < -0.3 is 13.6 Å². The third-order valence-electron chi connectivity index (χ3n) is 3.68. The number of hydrogen-bond donors (Lipinski definition) is 0. The van der Waals surface area contributed by atoms with Gasteiger partial charge in [-0.05, 0) is 30.9 Å². The largest absolute Gasteiger partial charge is 0.497 e. The molecule has 0 aliphatic heterocycles. The Morgan fingerprint density at radius 1 is 1.32 bits per heavy atom. The van der Waals surface area contributed by atoms with Gasteiger partial charge in [0.15, 0.2) is 5.58 Å². The van der Waals surface area contributed by atoms with Crippen LogP contribution in [0.2, 0.25) is 0 Å². The van der Waals surface area contributed by atoms with Crippen LogP contribution in [0.3, 0.4) is 0 Å². The average Bonchev–Trinajstić information content (AvgIpc) is 3.17. The van der Waals surface area contributed by atoms with Crippen molar-refractivity contribution in [2.24, 2.45) is 0 Å². The summed E-state index contributed by atoms with van der Waals surface area (Å²) in [5, 5.41) is 1.41. The van der Waals surface area contributed by atoms with E-state index in [1.165, 1.54) is 0 Å². The van der Waals surface area contributed by atoms with Crippen LogP contribution in [0.5, 0.6) is 5.75 Å². The van der Waals surface area contributed by atoms with Gasteiger partial charge in [0.2, 0.25) is 0 Å². The van der Waals surface area contributed by atoms with Crippen molar-refractivity contribution in [3.05, 3.63) is 40.4 Å². The molecule has 19 heavy (non-hydrogen) atoms. The number of ether oxygens (including phenoxy) is 1. The van der Waals surface area contributed by atoms with Gasteiger partial charge in [-0.15, -0.1) is 0 Å². The third kappa shape index (κ3) is 1.49. The van der Waals surface area contributed by atoms with E-state index in [1.807, 2.05) is 12.1 Å². The molecule has 4 nitrogen and oxygen atoms in total. The highest BCUT2D eigenvalue weighted by Gasteiger charge is 2.29. The van der Waals surface area contributed by atoms with E-state index in [9.17, 15) is 4.79 Å².